The van der Waals surface area contributed by atoms with Crippen LogP contribution in [0.2, 0.25) is 0 Å². The topological polar surface area (TPSA) is 79.6 Å². The fourth-order valence-electron chi connectivity index (χ4n) is 2.25. The van der Waals surface area contributed by atoms with Gasteiger partial charge in [-0.1, -0.05) is 30.3 Å². The van der Waals surface area contributed by atoms with E-state index in [0.29, 0.717) is 17.7 Å². The Kier molecular flexibility index (Phi) is 5.94. The van der Waals surface area contributed by atoms with Gasteiger partial charge in [-0.3, -0.25) is 0 Å². The van der Waals surface area contributed by atoms with Crippen molar-refractivity contribution in [3.05, 3.63) is 65.7 Å². The van der Waals surface area contributed by atoms with Crippen LogP contribution in [-0.4, -0.2) is 30.4 Å². The molecule has 0 aliphatic carbocycles. The molecule has 0 fully saturated rings. The summed E-state index contributed by atoms with van der Waals surface area (Å²) in [7, 11) is 1.23. The van der Waals surface area contributed by atoms with Gasteiger partial charge in [0.05, 0.1) is 18.7 Å². The number of hydrogen-bond donors (Lipinski definition) is 1. The highest BCUT2D eigenvalue weighted by Crippen LogP contribution is 2.20. The number of aliphatic hydroxyl groups is 1. The highest BCUT2D eigenvalue weighted by Gasteiger charge is 2.38. The van der Waals surface area contributed by atoms with E-state index in [9.17, 15) is 9.90 Å². The molecule has 2 aromatic rings. The summed E-state index contributed by atoms with van der Waals surface area (Å²) in [6.45, 7) is -0.224. The van der Waals surface area contributed by atoms with Gasteiger partial charge in [-0.15, -0.1) is 0 Å². The number of aryl methyl sites for hydroxylation is 1. The van der Waals surface area contributed by atoms with Crippen LogP contribution in [0.3, 0.4) is 0 Å². The van der Waals surface area contributed by atoms with Gasteiger partial charge in [-0.25, -0.2) is 4.79 Å². The van der Waals surface area contributed by atoms with E-state index in [-0.39, 0.29) is 13.0 Å². The summed E-state index contributed by atoms with van der Waals surface area (Å²) >= 11 is 0. The molecular weight excluding hydrogens is 306 g/mol. The third-order valence-electron chi connectivity index (χ3n) is 3.70. The number of carbonyl (C=O) groups excluding carboxylic acids is 1. The first kappa shape index (κ1) is 17.5. The lowest BCUT2D eigenvalue weighted by Gasteiger charge is -2.25. The van der Waals surface area contributed by atoms with Gasteiger partial charge in [0, 0.05) is 0 Å². The number of rotatable bonds is 7. The minimum atomic E-state index is -1.74. The smallest absolute Gasteiger partial charge is 0.341 e. The van der Waals surface area contributed by atoms with Crippen LogP contribution in [0.4, 0.5) is 0 Å². The van der Waals surface area contributed by atoms with Gasteiger partial charge in [0.25, 0.3) is 0 Å². The summed E-state index contributed by atoms with van der Waals surface area (Å²) < 4.78 is 10.2. The second-order valence-electron chi connectivity index (χ2n) is 5.43. The minimum absolute atomic E-state index is 0.181. The molecule has 0 spiro atoms. The summed E-state index contributed by atoms with van der Waals surface area (Å²) in [6.07, 6.45) is 0.698. The highest BCUT2D eigenvalue weighted by molar-refractivity contribution is 5.79. The number of nitriles is 1. The summed E-state index contributed by atoms with van der Waals surface area (Å²) in [5.41, 5.74) is -0.216. The predicted molar refractivity (Wildman–Crippen MR) is 88.4 cm³/mol. The van der Waals surface area contributed by atoms with E-state index >= 15 is 0 Å². The van der Waals surface area contributed by atoms with Crippen LogP contribution in [0.15, 0.2) is 54.6 Å². The molecular formula is C19H19NO4. The Bertz CT molecular complexity index is 706. The Hall–Kier alpha value is -2.84. The van der Waals surface area contributed by atoms with E-state index in [2.05, 4.69) is 0 Å². The van der Waals surface area contributed by atoms with Crippen molar-refractivity contribution in [2.45, 2.75) is 18.4 Å². The minimum Gasteiger partial charge on any atom is -0.490 e. The molecule has 0 aliphatic heterocycles. The van der Waals surface area contributed by atoms with Crippen LogP contribution in [0.25, 0.3) is 0 Å². The van der Waals surface area contributed by atoms with E-state index in [1.165, 1.54) is 7.11 Å². The summed E-state index contributed by atoms with van der Waals surface area (Å²) in [4.78, 5) is 12.0. The lowest BCUT2D eigenvalue weighted by molar-refractivity contribution is -0.166. The number of esters is 1. The maximum atomic E-state index is 12.0. The second-order valence-corrected chi connectivity index (χ2v) is 5.43. The molecule has 1 N–H and O–H groups in total. The van der Waals surface area contributed by atoms with E-state index in [4.69, 9.17) is 14.7 Å². The van der Waals surface area contributed by atoms with Crippen molar-refractivity contribution in [3.8, 4) is 11.8 Å². The van der Waals surface area contributed by atoms with Crippen molar-refractivity contribution in [2.24, 2.45) is 0 Å². The zero-order chi connectivity index (χ0) is 17.4. The fraction of sp³-hybridized carbons (Fsp3) is 0.263. The van der Waals surface area contributed by atoms with Crippen LogP contribution >= 0.6 is 0 Å². The Morgan fingerprint density at radius 1 is 1.17 bits per heavy atom. The molecule has 1 atom stereocenters. The maximum Gasteiger partial charge on any atom is 0.341 e. The monoisotopic (exact) mass is 325 g/mol. The Balaban J connectivity index is 2.03. The van der Waals surface area contributed by atoms with Crippen molar-refractivity contribution in [2.75, 3.05) is 13.7 Å². The van der Waals surface area contributed by atoms with E-state index < -0.39 is 11.6 Å². The number of methoxy groups -OCH3 is 1. The molecule has 124 valence electrons. The van der Waals surface area contributed by atoms with E-state index in [0.717, 1.165) is 5.56 Å². The van der Waals surface area contributed by atoms with E-state index in [1.54, 1.807) is 24.3 Å². The highest BCUT2D eigenvalue weighted by atomic mass is 16.6. The number of ether oxygens (including phenoxy) is 2. The average Bonchev–Trinajstić information content (AvgIpc) is 2.65. The van der Waals surface area contributed by atoms with Crippen molar-refractivity contribution in [1.82, 2.24) is 0 Å². The van der Waals surface area contributed by atoms with Gasteiger partial charge in [-0.2, -0.15) is 5.26 Å². The third-order valence-corrected chi connectivity index (χ3v) is 3.70. The lowest BCUT2D eigenvalue weighted by Crippen LogP contribution is -2.45. The van der Waals surface area contributed by atoms with Crippen molar-refractivity contribution >= 4 is 5.97 Å². The molecule has 0 amide bonds. The maximum absolute atomic E-state index is 12.0. The van der Waals surface area contributed by atoms with Gasteiger partial charge >= 0.3 is 5.97 Å². The Morgan fingerprint density at radius 3 is 2.42 bits per heavy atom. The van der Waals surface area contributed by atoms with Crippen molar-refractivity contribution in [3.63, 3.8) is 0 Å². The van der Waals surface area contributed by atoms with Crippen LogP contribution in [-0.2, 0) is 16.0 Å². The van der Waals surface area contributed by atoms with Gasteiger partial charge in [0.15, 0.2) is 5.60 Å². The molecule has 5 heteroatoms. The zero-order valence-corrected chi connectivity index (χ0v) is 13.4. The van der Waals surface area contributed by atoms with Gasteiger partial charge in [0.2, 0.25) is 0 Å². The van der Waals surface area contributed by atoms with Crippen LogP contribution in [0, 0.1) is 11.3 Å². The SMILES string of the molecule is COC(=O)C(O)(CCc1ccccc1)COc1ccc(C#N)cc1. The molecule has 0 saturated carbocycles. The first-order valence-electron chi connectivity index (χ1n) is 7.55. The summed E-state index contributed by atoms with van der Waals surface area (Å²) in [6, 6.07) is 18.0. The van der Waals surface area contributed by atoms with Gasteiger partial charge < -0.3 is 14.6 Å². The molecule has 2 rings (SSSR count). The second kappa shape index (κ2) is 8.14. The van der Waals surface area contributed by atoms with Crippen molar-refractivity contribution < 1.29 is 19.4 Å². The standard InChI is InChI=1S/C19H19NO4/c1-23-18(21)19(22,12-11-15-5-3-2-4-6-15)14-24-17-9-7-16(13-20)8-10-17/h2-10,22H,11-12,14H2,1H3. The average molecular weight is 325 g/mol. The zero-order valence-electron chi connectivity index (χ0n) is 13.4. The molecule has 0 radical (unpaired) electrons. The van der Waals surface area contributed by atoms with Crippen molar-refractivity contribution in [1.29, 1.82) is 5.26 Å². The number of carbonyl (C=O) groups is 1. The number of benzene rings is 2. The first-order chi connectivity index (χ1) is 11.6. The molecule has 0 bridgehead atoms. The fourth-order valence-corrected chi connectivity index (χ4v) is 2.25. The molecule has 24 heavy (non-hydrogen) atoms. The first-order valence-corrected chi connectivity index (χ1v) is 7.55. The van der Waals surface area contributed by atoms with Crippen LogP contribution in [0.1, 0.15) is 17.5 Å². The molecule has 5 nitrogen and oxygen atoms in total. The normalized spacial score (nSPS) is 12.7. The summed E-state index contributed by atoms with van der Waals surface area (Å²) in [5, 5.41) is 19.4. The molecule has 2 aromatic carbocycles. The third kappa shape index (κ3) is 4.58. The van der Waals surface area contributed by atoms with Crippen LogP contribution in [0.5, 0.6) is 5.75 Å². The molecule has 0 saturated heterocycles. The molecule has 1 unspecified atom stereocenters. The van der Waals surface area contributed by atoms with Crippen LogP contribution < -0.4 is 4.74 Å². The molecule has 0 heterocycles. The Labute approximate surface area is 141 Å². The quantitative estimate of drug-likeness (QED) is 0.791. The lowest BCUT2D eigenvalue weighted by atomic mass is 9.95. The van der Waals surface area contributed by atoms with E-state index in [1.807, 2.05) is 36.4 Å². The summed E-state index contributed by atoms with van der Waals surface area (Å²) in [5.74, 6) is -0.261. The van der Waals surface area contributed by atoms with Gasteiger partial charge in [0.1, 0.15) is 12.4 Å². The largest absolute Gasteiger partial charge is 0.490 e. The van der Waals surface area contributed by atoms with Gasteiger partial charge in [-0.05, 0) is 42.7 Å². The number of nitrogens with zero attached hydrogens (tertiary/aromatic N) is 1. The molecule has 0 aromatic heterocycles. The Morgan fingerprint density at radius 2 is 1.83 bits per heavy atom. The molecule has 0 aliphatic rings. The number of hydrogen-bond acceptors (Lipinski definition) is 5. The predicted octanol–water partition coefficient (Wildman–Crippen LogP) is 2.47.